The van der Waals surface area contributed by atoms with E-state index in [0.717, 1.165) is 22.0 Å². The average molecular weight is 387 g/mol. The summed E-state index contributed by atoms with van der Waals surface area (Å²) in [6, 6.07) is 17.0. The molecule has 6 heteroatoms. The first-order chi connectivity index (χ1) is 12.5. The van der Waals surface area contributed by atoms with Crippen molar-refractivity contribution in [2.45, 2.75) is 6.92 Å². The first-order valence-electron chi connectivity index (χ1n) is 8.21. The van der Waals surface area contributed by atoms with Crippen LogP contribution >= 0.6 is 22.9 Å². The molecule has 4 nitrogen and oxygen atoms in total. The molecule has 0 fully saturated rings. The maximum atomic E-state index is 12.7. The van der Waals surface area contributed by atoms with Gasteiger partial charge >= 0.3 is 0 Å². The summed E-state index contributed by atoms with van der Waals surface area (Å²) in [5, 5.41) is 1.49. The van der Waals surface area contributed by atoms with Crippen LogP contribution in [0.3, 0.4) is 0 Å². The minimum Gasteiger partial charge on any atom is -0.492 e. The molecule has 0 unspecified atom stereocenters. The first-order valence-corrected chi connectivity index (χ1v) is 9.40. The van der Waals surface area contributed by atoms with Crippen LogP contribution in [0.15, 0.2) is 54.6 Å². The zero-order valence-corrected chi connectivity index (χ0v) is 16.2. The molecule has 0 saturated carbocycles. The molecule has 0 radical (unpaired) electrons. The van der Waals surface area contributed by atoms with Gasteiger partial charge in [-0.2, -0.15) is 0 Å². The number of likely N-dealkylation sites (N-methyl/N-ethyl adjacent to an activating group) is 1. The molecular formula is C20H19ClN2O2S. The number of nitrogens with zero attached hydrogens (tertiary/aromatic N) is 2. The van der Waals surface area contributed by atoms with E-state index in [-0.39, 0.29) is 5.91 Å². The number of para-hydroxylation sites is 1. The lowest BCUT2D eigenvalue weighted by Gasteiger charge is -2.16. The predicted molar refractivity (Wildman–Crippen MR) is 106 cm³/mol. The molecule has 0 aliphatic heterocycles. The van der Waals surface area contributed by atoms with E-state index < -0.39 is 0 Å². The van der Waals surface area contributed by atoms with Crippen molar-refractivity contribution in [1.29, 1.82) is 0 Å². The molecule has 0 saturated heterocycles. The first kappa shape index (κ1) is 18.4. The normalized spacial score (nSPS) is 10.6. The number of carbonyl (C=O) groups excluding carboxylic acids is 1. The van der Waals surface area contributed by atoms with Crippen LogP contribution in [-0.2, 0) is 0 Å². The molecule has 0 N–H and O–H groups in total. The van der Waals surface area contributed by atoms with Crippen molar-refractivity contribution in [2.75, 3.05) is 20.2 Å². The van der Waals surface area contributed by atoms with Gasteiger partial charge in [0.15, 0.2) is 0 Å². The SMILES string of the molecule is Cc1nc(-c2ccc(Cl)cc2)sc1C(=O)N(C)CCOc1ccccc1. The number of carbonyl (C=O) groups is 1. The average Bonchev–Trinajstić information content (AvgIpc) is 3.04. The fourth-order valence-corrected chi connectivity index (χ4v) is 3.60. The summed E-state index contributed by atoms with van der Waals surface area (Å²) in [4.78, 5) is 19.6. The highest BCUT2D eigenvalue weighted by Gasteiger charge is 2.19. The van der Waals surface area contributed by atoms with Crippen molar-refractivity contribution in [3.8, 4) is 16.3 Å². The van der Waals surface area contributed by atoms with Crippen molar-refractivity contribution >= 4 is 28.8 Å². The third-order valence-corrected chi connectivity index (χ3v) is 5.31. The Kier molecular flexibility index (Phi) is 5.91. The largest absolute Gasteiger partial charge is 0.492 e. The molecule has 134 valence electrons. The minimum absolute atomic E-state index is 0.0446. The Labute approximate surface area is 162 Å². The number of aryl methyl sites for hydroxylation is 1. The van der Waals surface area contributed by atoms with Crippen molar-refractivity contribution in [3.63, 3.8) is 0 Å². The van der Waals surface area contributed by atoms with Crippen LogP contribution in [0.1, 0.15) is 15.4 Å². The summed E-state index contributed by atoms with van der Waals surface area (Å²) >= 11 is 7.33. The van der Waals surface area contributed by atoms with Gasteiger partial charge in [-0.15, -0.1) is 11.3 Å². The van der Waals surface area contributed by atoms with Gasteiger partial charge in [0, 0.05) is 17.6 Å². The predicted octanol–water partition coefficient (Wildman–Crippen LogP) is 4.92. The molecule has 26 heavy (non-hydrogen) atoms. The molecule has 1 aromatic heterocycles. The molecule has 0 spiro atoms. The second-order valence-electron chi connectivity index (χ2n) is 5.83. The van der Waals surface area contributed by atoms with Crippen LogP contribution in [0.25, 0.3) is 10.6 Å². The lowest BCUT2D eigenvalue weighted by molar-refractivity contribution is 0.0777. The van der Waals surface area contributed by atoms with Crippen molar-refractivity contribution in [1.82, 2.24) is 9.88 Å². The van der Waals surface area contributed by atoms with Crippen LogP contribution in [0.4, 0.5) is 0 Å². The van der Waals surface area contributed by atoms with E-state index in [2.05, 4.69) is 4.98 Å². The number of thiazole rings is 1. The maximum absolute atomic E-state index is 12.7. The van der Waals surface area contributed by atoms with Crippen LogP contribution < -0.4 is 4.74 Å². The van der Waals surface area contributed by atoms with E-state index in [1.807, 2.05) is 61.5 Å². The highest BCUT2D eigenvalue weighted by Crippen LogP contribution is 2.29. The van der Waals surface area contributed by atoms with Crippen LogP contribution in [0, 0.1) is 6.92 Å². The lowest BCUT2D eigenvalue weighted by Crippen LogP contribution is -2.30. The van der Waals surface area contributed by atoms with E-state index in [0.29, 0.717) is 23.1 Å². The Morgan fingerprint density at radius 1 is 1.15 bits per heavy atom. The highest BCUT2D eigenvalue weighted by molar-refractivity contribution is 7.17. The Morgan fingerprint density at radius 3 is 2.54 bits per heavy atom. The van der Waals surface area contributed by atoms with Crippen molar-refractivity contribution < 1.29 is 9.53 Å². The molecule has 1 amide bonds. The fourth-order valence-electron chi connectivity index (χ4n) is 2.40. The molecule has 0 aliphatic carbocycles. The van der Waals surface area contributed by atoms with E-state index >= 15 is 0 Å². The lowest BCUT2D eigenvalue weighted by atomic mass is 10.2. The van der Waals surface area contributed by atoms with Crippen LogP contribution in [-0.4, -0.2) is 36.0 Å². The number of aromatic nitrogens is 1. The van der Waals surface area contributed by atoms with E-state index in [4.69, 9.17) is 16.3 Å². The Hall–Kier alpha value is -2.37. The quantitative estimate of drug-likeness (QED) is 0.603. The number of hydrogen-bond acceptors (Lipinski definition) is 4. The van der Waals surface area contributed by atoms with Gasteiger partial charge < -0.3 is 9.64 Å². The summed E-state index contributed by atoms with van der Waals surface area (Å²) in [5.74, 6) is 0.754. The molecule has 2 aromatic carbocycles. The Balaban J connectivity index is 1.64. The van der Waals surface area contributed by atoms with Crippen molar-refractivity contribution in [2.24, 2.45) is 0 Å². The monoisotopic (exact) mass is 386 g/mol. The van der Waals surface area contributed by atoms with Gasteiger partial charge in [-0.05, 0) is 31.2 Å². The number of benzene rings is 2. The molecule has 3 rings (SSSR count). The van der Waals surface area contributed by atoms with Crippen LogP contribution in [0.2, 0.25) is 5.02 Å². The number of rotatable bonds is 6. The molecule has 0 bridgehead atoms. The number of hydrogen-bond donors (Lipinski definition) is 0. The third-order valence-electron chi connectivity index (χ3n) is 3.87. The fraction of sp³-hybridized carbons (Fsp3) is 0.200. The summed E-state index contributed by atoms with van der Waals surface area (Å²) < 4.78 is 5.66. The Morgan fingerprint density at radius 2 is 1.85 bits per heavy atom. The third kappa shape index (κ3) is 4.42. The van der Waals surface area contributed by atoms with Crippen LogP contribution in [0.5, 0.6) is 5.75 Å². The molecule has 3 aromatic rings. The van der Waals surface area contributed by atoms with Gasteiger partial charge in [0.2, 0.25) is 0 Å². The number of amides is 1. The van der Waals surface area contributed by atoms with Gasteiger partial charge in [0.1, 0.15) is 22.2 Å². The Bertz CT molecular complexity index is 879. The molecular weight excluding hydrogens is 368 g/mol. The molecule has 1 heterocycles. The molecule has 0 atom stereocenters. The summed E-state index contributed by atoms with van der Waals surface area (Å²) in [7, 11) is 1.78. The zero-order chi connectivity index (χ0) is 18.5. The van der Waals surface area contributed by atoms with Crippen molar-refractivity contribution in [3.05, 3.63) is 70.2 Å². The minimum atomic E-state index is -0.0446. The summed E-state index contributed by atoms with van der Waals surface area (Å²) in [6.45, 7) is 2.80. The maximum Gasteiger partial charge on any atom is 0.265 e. The summed E-state index contributed by atoms with van der Waals surface area (Å²) in [6.07, 6.45) is 0. The number of ether oxygens (including phenoxy) is 1. The second-order valence-corrected chi connectivity index (χ2v) is 7.26. The van der Waals surface area contributed by atoms with Gasteiger partial charge in [-0.25, -0.2) is 4.98 Å². The second kappa shape index (κ2) is 8.34. The van der Waals surface area contributed by atoms with Gasteiger partial charge in [0.05, 0.1) is 12.2 Å². The smallest absolute Gasteiger partial charge is 0.265 e. The van der Waals surface area contributed by atoms with E-state index in [1.165, 1.54) is 11.3 Å². The topological polar surface area (TPSA) is 42.4 Å². The summed E-state index contributed by atoms with van der Waals surface area (Å²) in [5.41, 5.74) is 1.69. The standard InChI is InChI=1S/C20H19ClN2O2S/c1-14-18(26-19(22-14)15-8-10-16(21)11-9-15)20(24)23(2)12-13-25-17-6-4-3-5-7-17/h3-11H,12-13H2,1-2H3. The van der Waals surface area contributed by atoms with Gasteiger partial charge in [-0.1, -0.05) is 41.9 Å². The van der Waals surface area contributed by atoms with E-state index in [9.17, 15) is 4.79 Å². The van der Waals surface area contributed by atoms with Gasteiger partial charge in [0.25, 0.3) is 5.91 Å². The highest BCUT2D eigenvalue weighted by atomic mass is 35.5. The molecule has 0 aliphatic rings. The van der Waals surface area contributed by atoms with E-state index in [1.54, 1.807) is 11.9 Å². The van der Waals surface area contributed by atoms with Gasteiger partial charge in [-0.3, -0.25) is 4.79 Å². The number of halogens is 1. The zero-order valence-electron chi connectivity index (χ0n) is 14.6.